The van der Waals surface area contributed by atoms with E-state index >= 15 is 0 Å². The Hall–Kier alpha value is -3.70. The second kappa shape index (κ2) is 23.4. The van der Waals surface area contributed by atoms with Crippen molar-refractivity contribution in [3.63, 3.8) is 0 Å². The Morgan fingerprint density at radius 1 is 0.727 bits per heavy atom. The number of thioether (sulfide) groups is 2. The van der Waals surface area contributed by atoms with Crippen molar-refractivity contribution in [2.45, 2.75) is 85.0 Å². The maximum Gasteiger partial charge on any atom is 0.318 e. The summed E-state index contributed by atoms with van der Waals surface area (Å²) in [5, 5.41) is 19.8. The number of urea groups is 2. The van der Waals surface area contributed by atoms with Gasteiger partial charge < -0.3 is 35.6 Å². The Bertz CT molecular complexity index is 1410. The van der Waals surface area contributed by atoms with Gasteiger partial charge in [0.15, 0.2) is 0 Å². The van der Waals surface area contributed by atoms with Crippen molar-refractivity contribution in [2.75, 3.05) is 62.3 Å². The molecule has 0 unspecified atom stereocenters. The lowest BCUT2D eigenvalue weighted by Crippen LogP contribution is -2.61. The number of ether oxygens (including phenoxy) is 1. The number of esters is 1. The summed E-state index contributed by atoms with van der Waals surface area (Å²) in [5.41, 5.74) is 3.79. The summed E-state index contributed by atoms with van der Waals surface area (Å²) in [5.74, 6) is -0.120. The average molecular weight is 808 g/mol. The summed E-state index contributed by atoms with van der Waals surface area (Å²) in [7, 11) is 0. The minimum atomic E-state index is -1.16. The van der Waals surface area contributed by atoms with Crippen LogP contribution in [0.5, 0.6) is 0 Å². The van der Waals surface area contributed by atoms with Gasteiger partial charge in [0.05, 0.1) is 25.4 Å². The van der Waals surface area contributed by atoms with Crippen LogP contribution >= 0.6 is 23.5 Å². The number of nitrogens with zero attached hydrogens (tertiary/aromatic N) is 3. The fraction of sp³-hybridized carbons (Fsp3) is 0.684. The number of carboxylic acid groups (broad SMARTS) is 1. The van der Waals surface area contributed by atoms with Crippen LogP contribution in [-0.4, -0.2) is 142 Å². The molecule has 17 heteroatoms. The number of aliphatic carboxylic acids is 1. The first-order chi connectivity index (χ1) is 26.1. The molecule has 0 bridgehead atoms. The monoisotopic (exact) mass is 807 g/mol. The molecule has 1 aromatic rings. The van der Waals surface area contributed by atoms with Gasteiger partial charge in [0, 0.05) is 55.7 Å². The van der Waals surface area contributed by atoms with Crippen LogP contribution in [0.1, 0.15) is 59.9 Å². The van der Waals surface area contributed by atoms with E-state index in [-0.39, 0.29) is 42.8 Å². The molecule has 2 fully saturated rings. The van der Waals surface area contributed by atoms with Crippen LogP contribution in [0.3, 0.4) is 0 Å². The summed E-state index contributed by atoms with van der Waals surface area (Å²) >= 11 is 3.54. The van der Waals surface area contributed by atoms with Gasteiger partial charge in [-0.15, -0.1) is 0 Å². The molecule has 2 heterocycles. The molecule has 0 aromatic heterocycles. The number of nitrogens with one attached hydrogen (secondary N) is 4. The second-order valence-electron chi connectivity index (χ2n) is 15.0. The molecule has 6 amide bonds. The van der Waals surface area contributed by atoms with E-state index in [0.29, 0.717) is 32.7 Å². The minimum absolute atomic E-state index is 0.0255. The molecule has 15 nitrogen and oxygen atoms in total. The van der Waals surface area contributed by atoms with Crippen LogP contribution in [0.2, 0.25) is 0 Å². The summed E-state index contributed by atoms with van der Waals surface area (Å²) in [6, 6.07) is 6.02. The third-order valence-corrected chi connectivity index (χ3v) is 11.1. The van der Waals surface area contributed by atoms with Gasteiger partial charge in [-0.2, -0.15) is 23.5 Å². The number of benzene rings is 1. The van der Waals surface area contributed by atoms with Crippen LogP contribution in [0, 0.1) is 17.8 Å². The predicted molar refractivity (Wildman–Crippen MR) is 215 cm³/mol. The largest absolute Gasteiger partial charge is 0.481 e. The minimum Gasteiger partial charge on any atom is -0.481 e. The zero-order valence-electron chi connectivity index (χ0n) is 33.1. The van der Waals surface area contributed by atoms with Crippen molar-refractivity contribution >= 4 is 59.3 Å². The van der Waals surface area contributed by atoms with Gasteiger partial charge in [-0.1, -0.05) is 71.9 Å². The van der Waals surface area contributed by atoms with Crippen LogP contribution < -0.4 is 21.4 Å². The Morgan fingerprint density at radius 3 is 1.71 bits per heavy atom. The highest BCUT2D eigenvalue weighted by Crippen LogP contribution is 2.17. The van der Waals surface area contributed by atoms with E-state index in [2.05, 4.69) is 21.4 Å². The van der Waals surface area contributed by atoms with Gasteiger partial charge in [-0.05, 0) is 29.7 Å². The fourth-order valence-electron chi connectivity index (χ4n) is 6.20. The SMILES string of the molecule is CC(C)CN(C[C@H](OC(=O)CCC(=O)O)[C@H](Cc1ccccc1)NC(=O)[C@@H](NC(=O)N1CCSCC1)C(C)C)NC(=O)[C@@H](NC(=O)N1CCSCC1)C(C)C. The number of carboxylic acids is 1. The van der Waals surface area contributed by atoms with Crippen molar-refractivity contribution in [1.82, 2.24) is 36.2 Å². The first kappa shape index (κ1) is 45.7. The highest BCUT2D eigenvalue weighted by atomic mass is 32.2. The van der Waals surface area contributed by atoms with E-state index < -0.39 is 60.8 Å². The molecule has 0 saturated carbocycles. The van der Waals surface area contributed by atoms with Crippen LogP contribution in [0.4, 0.5) is 9.59 Å². The number of carbonyl (C=O) groups is 6. The van der Waals surface area contributed by atoms with E-state index in [1.165, 1.54) is 0 Å². The lowest BCUT2D eigenvalue weighted by molar-refractivity contribution is -0.156. The molecule has 0 spiro atoms. The number of rotatable bonds is 19. The lowest BCUT2D eigenvalue weighted by Gasteiger charge is -2.36. The van der Waals surface area contributed by atoms with Crippen molar-refractivity contribution in [3.8, 4) is 0 Å². The first-order valence-electron chi connectivity index (χ1n) is 19.2. The summed E-state index contributed by atoms with van der Waals surface area (Å²) in [4.78, 5) is 82.5. The van der Waals surface area contributed by atoms with E-state index in [9.17, 15) is 33.9 Å². The molecule has 5 N–H and O–H groups in total. The highest BCUT2D eigenvalue weighted by molar-refractivity contribution is 7.99. The van der Waals surface area contributed by atoms with Gasteiger partial charge in [-0.25, -0.2) is 14.6 Å². The molecule has 3 rings (SSSR count). The van der Waals surface area contributed by atoms with E-state index in [4.69, 9.17) is 4.74 Å². The molecular formula is C38H61N7O8S2. The molecule has 55 heavy (non-hydrogen) atoms. The van der Waals surface area contributed by atoms with E-state index in [1.807, 2.05) is 71.9 Å². The summed E-state index contributed by atoms with van der Waals surface area (Å²) in [6.45, 7) is 13.8. The Labute approximate surface area is 334 Å². The normalized spacial score (nSPS) is 17.0. The van der Waals surface area contributed by atoms with Crippen molar-refractivity contribution in [2.24, 2.45) is 17.8 Å². The van der Waals surface area contributed by atoms with Gasteiger partial charge in [-0.3, -0.25) is 24.6 Å². The maximum absolute atomic E-state index is 14.2. The molecule has 4 atom stereocenters. The third kappa shape index (κ3) is 16.1. The van der Waals surface area contributed by atoms with Crippen LogP contribution in [0.15, 0.2) is 30.3 Å². The third-order valence-electron chi connectivity index (χ3n) is 9.21. The van der Waals surface area contributed by atoms with Gasteiger partial charge in [0.2, 0.25) is 5.91 Å². The molecule has 0 radical (unpaired) electrons. The van der Waals surface area contributed by atoms with E-state index in [0.717, 1.165) is 28.6 Å². The Kier molecular flexibility index (Phi) is 19.4. The maximum atomic E-state index is 14.2. The highest BCUT2D eigenvalue weighted by Gasteiger charge is 2.35. The first-order valence-corrected chi connectivity index (χ1v) is 21.5. The molecule has 0 aliphatic carbocycles. The number of amides is 6. The van der Waals surface area contributed by atoms with Gasteiger partial charge in [0.25, 0.3) is 5.91 Å². The number of carbonyl (C=O) groups excluding carboxylic acids is 5. The number of hydrazine groups is 1. The summed E-state index contributed by atoms with van der Waals surface area (Å²) < 4.78 is 6.01. The second-order valence-corrected chi connectivity index (χ2v) is 17.5. The quantitative estimate of drug-likeness (QED) is 0.102. The van der Waals surface area contributed by atoms with Gasteiger partial charge >= 0.3 is 24.0 Å². The molecular weight excluding hydrogens is 747 g/mol. The lowest BCUT2D eigenvalue weighted by atomic mass is 9.98. The standard InChI is InChI=1S/C38H61N7O8S2/c1-25(2)23-45(42-36(50)34(27(5)6)41-38(52)44-16-20-55-21-17-44)24-30(53-32(48)13-12-31(46)47)29(22-28-10-8-7-9-11-28)39-35(49)33(26(3)4)40-37(51)43-14-18-54-19-15-43/h7-11,25-27,29-30,33-34H,12-24H2,1-6H3,(H,39,49)(H,40,51)(H,41,52)(H,42,50)(H,46,47)/t29-,30-,33-,34-/m0/s1. The van der Waals surface area contributed by atoms with Crippen molar-refractivity contribution < 1.29 is 38.6 Å². The Morgan fingerprint density at radius 2 is 1.24 bits per heavy atom. The van der Waals surface area contributed by atoms with Crippen LogP contribution in [0.25, 0.3) is 0 Å². The number of hydrogen-bond donors (Lipinski definition) is 5. The fourth-order valence-corrected chi connectivity index (χ4v) is 8.01. The number of hydrogen-bond acceptors (Lipinski definition) is 10. The Balaban J connectivity index is 1.94. The predicted octanol–water partition coefficient (Wildman–Crippen LogP) is 3.05. The van der Waals surface area contributed by atoms with Crippen molar-refractivity contribution in [3.05, 3.63) is 35.9 Å². The molecule has 2 saturated heterocycles. The van der Waals surface area contributed by atoms with E-state index in [1.54, 1.807) is 38.3 Å². The smallest absolute Gasteiger partial charge is 0.318 e. The van der Waals surface area contributed by atoms with Gasteiger partial charge in [0.1, 0.15) is 18.2 Å². The molecule has 308 valence electrons. The molecule has 1 aromatic carbocycles. The summed E-state index contributed by atoms with van der Waals surface area (Å²) in [6.07, 6.45) is -1.71. The topological polar surface area (TPSA) is 190 Å². The van der Waals surface area contributed by atoms with Crippen LogP contribution in [-0.2, 0) is 30.3 Å². The zero-order chi connectivity index (χ0) is 40.5. The molecule has 2 aliphatic rings. The average Bonchev–Trinajstić information content (AvgIpc) is 3.14. The van der Waals surface area contributed by atoms with Crippen molar-refractivity contribution in [1.29, 1.82) is 0 Å². The zero-order valence-corrected chi connectivity index (χ0v) is 34.7. The molecule has 2 aliphatic heterocycles.